The summed E-state index contributed by atoms with van der Waals surface area (Å²) in [4.78, 5) is 13.6. The molecule has 0 fully saturated rings. The molecule has 0 N–H and O–H groups in total. The van der Waals surface area contributed by atoms with Crippen molar-refractivity contribution < 1.29 is 4.79 Å². The summed E-state index contributed by atoms with van der Waals surface area (Å²) in [5, 5.41) is 0. The van der Waals surface area contributed by atoms with Crippen molar-refractivity contribution >= 4 is 17.5 Å². The molecular weight excluding hydrogens is 264 g/mol. The van der Waals surface area contributed by atoms with Gasteiger partial charge in [-0.15, -0.1) is 11.8 Å². The van der Waals surface area contributed by atoms with Crippen LogP contribution in [0.2, 0.25) is 0 Å². The van der Waals surface area contributed by atoms with Crippen LogP contribution in [-0.2, 0) is 5.41 Å². The largest absolute Gasteiger partial charge is 0.289 e. The molecule has 0 aliphatic heterocycles. The fourth-order valence-corrected chi connectivity index (χ4v) is 2.44. The summed E-state index contributed by atoms with van der Waals surface area (Å²) in [7, 11) is 0. The van der Waals surface area contributed by atoms with Gasteiger partial charge in [0.2, 0.25) is 0 Å². The summed E-state index contributed by atoms with van der Waals surface area (Å²) in [6, 6.07) is 15.7. The second-order valence-electron chi connectivity index (χ2n) is 5.88. The van der Waals surface area contributed by atoms with Gasteiger partial charge in [-0.05, 0) is 41.5 Å². The third kappa shape index (κ3) is 3.31. The minimum absolute atomic E-state index is 0.0816. The topological polar surface area (TPSA) is 17.1 Å². The first-order valence-electron chi connectivity index (χ1n) is 6.71. The van der Waals surface area contributed by atoms with Gasteiger partial charge in [0.05, 0.1) is 0 Å². The third-order valence-electron chi connectivity index (χ3n) is 3.37. The van der Waals surface area contributed by atoms with Crippen molar-refractivity contribution in [3.63, 3.8) is 0 Å². The molecule has 0 saturated heterocycles. The second kappa shape index (κ2) is 5.84. The molecule has 1 nitrogen and oxygen atoms in total. The monoisotopic (exact) mass is 284 g/mol. The van der Waals surface area contributed by atoms with Gasteiger partial charge in [-0.1, -0.05) is 45.0 Å². The van der Waals surface area contributed by atoms with Crippen molar-refractivity contribution in [2.75, 3.05) is 6.26 Å². The van der Waals surface area contributed by atoms with Gasteiger partial charge in [0.1, 0.15) is 0 Å². The Morgan fingerprint density at radius 1 is 0.850 bits per heavy atom. The number of carbonyl (C=O) groups excluding carboxylic acids is 1. The van der Waals surface area contributed by atoms with E-state index in [0.29, 0.717) is 0 Å². The minimum atomic E-state index is 0.0816. The first-order chi connectivity index (χ1) is 9.41. The number of hydrogen-bond donors (Lipinski definition) is 0. The van der Waals surface area contributed by atoms with Crippen LogP contribution in [0.1, 0.15) is 42.3 Å². The van der Waals surface area contributed by atoms with Crippen molar-refractivity contribution in [3.8, 4) is 0 Å². The molecule has 2 aromatic carbocycles. The fraction of sp³-hybridized carbons (Fsp3) is 0.278. The van der Waals surface area contributed by atoms with E-state index in [2.05, 4.69) is 20.8 Å². The number of hydrogen-bond acceptors (Lipinski definition) is 2. The highest BCUT2D eigenvalue weighted by Crippen LogP contribution is 2.23. The lowest BCUT2D eigenvalue weighted by atomic mass is 9.86. The Morgan fingerprint density at radius 2 is 1.30 bits per heavy atom. The van der Waals surface area contributed by atoms with Crippen molar-refractivity contribution in [3.05, 3.63) is 65.2 Å². The molecule has 0 aliphatic rings. The molecule has 0 aliphatic carbocycles. The van der Waals surface area contributed by atoms with Crippen LogP contribution in [0.5, 0.6) is 0 Å². The number of ketones is 1. The van der Waals surface area contributed by atoms with Crippen LogP contribution in [0.3, 0.4) is 0 Å². The lowest BCUT2D eigenvalue weighted by molar-refractivity contribution is 0.103. The SMILES string of the molecule is CSc1ccc(C(=O)c2ccc(C(C)(C)C)cc2)cc1. The van der Waals surface area contributed by atoms with Crippen LogP contribution in [0.15, 0.2) is 53.4 Å². The van der Waals surface area contributed by atoms with Crippen LogP contribution < -0.4 is 0 Å². The highest BCUT2D eigenvalue weighted by atomic mass is 32.2. The van der Waals surface area contributed by atoms with Gasteiger partial charge in [0.25, 0.3) is 0 Å². The first kappa shape index (κ1) is 14.9. The molecule has 2 rings (SSSR count). The van der Waals surface area contributed by atoms with Gasteiger partial charge < -0.3 is 0 Å². The summed E-state index contributed by atoms with van der Waals surface area (Å²) in [5.74, 6) is 0.0816. The molecule has 0 aromatic heterocycles. The maximum absolute atomic E-state index is 12.4. The second-order valence-corrected chi connectivity index (χ2v) is 6.76. The summed E-state index contributed by atoms with van der Waals surface area (Å²) in [5.41, 5.74) is 2.84. The highest BCUT2D eigenvalue weighted by Gasteiger charge is 2.15. The Bertz CT molecular complexity index is 589. The van der Waals surface area contributed by atoms with Crippen LogP contribution in [0.4, 0.5) is 0 Å². The van der Waals surface area contributed by atoms with Crippen molar-refractivity contribution in [1.29, 1.82) is 0 Å². The molecule has 0 atom stereocenters. The average Bonchev–Trinajstić information content (AvgIpc) is 2.46. The lowest BCUT2D eigenvalue weighted by Gasteiger charge is -2.19. The highest BCUT2D eigenvalue weighted by molar-refractivity contribution is 7.98. The molecule has 0 heterocycles. The summed E-state index contributed by atoms with van der Waals surface area (Å²) in [6.07, 6.45) is 2.03. The van der Waals surface area contributed by atoms with E-state index >= 15 is 0 Å². The van der Waals surface area contributed by atoms with Crippen molar-refractivity contribution in [2.24, 2.45) is 0 Å². The molecule has 2 aromatic rings. The summed E-state index contributed by atoms with van der Waals surface area (Å²) in [6.45, 7) is 6.51. The average molecular weight is 284 g/mol. The van der Waals surface area contributed by atoms with E-state index in [4.69, 9.17) is 0 Å². The number of benzene rings is 2. The lowest BCUT2D eigenvalue weighted by Crippen LogP contribution is -2.11. The van der Waals surface area contributed by atoms with Gasteiger partial charge >= 0.3 is 0 Å². The maximum atomic E-state index is 12.4. The van der Waals surface area contributed by atoms with E-state index < -0.39 is 0 Å². The molecule has 0 unspecified atom stereocenters. The maximum Gasteiger partial charge on any atom is 0.193 e. The molecule has 0 saturated carbocycles. The van der Waals surface area contributed by atoms with Crippen molar-refractivity contribution in [2.45, 2.75) is 31.1 Å². The molecule has 0 spiro atoms. The standard InChI is InChI=1S/C18H20OS/c1-18(2,3)15-9-5-13(6-10-15)17(19)14-7-11-16(20-4)12-8-14/h5-12H,1-4H3. The number of rotatable bonds is 3. The summed E-state index contributed by atoms with van der Waals surface area (Å²) >= 11 is 1.68. The van der Waals surface area contributed by atoms with Gasteiger partial charge in [0, 0.05) is 16.0 Å². The molecular formula is C18H20OS. The van der Waals surface area contributed by atoms with Crippen LogP contribution >= 0.6 is 11.8 Å². The number of thioether (sulfide) groups is 1. The van der Waals surface area contributed by atoms with E-state index in [9.17, 15) is 4.79 Å². The predicted octanol–water partition coefficient (Wildman–Crippen LogP) is 4.94. The zero-order valence-corrected chi connectivity index (χ0v) is 13.3. The van der Waals surface area contributed by atoms with E-state index in [1.165, 1.54) is 10.5 Å². The molecule has 2 heteroatoms. The zero-order valence-electron chi connectivity index (χ0n) is 12.4. The Labute approximate surface area is 125 Å². The Hall–Kier alpha value is -1.54. The minimum Gasteiger partial charge on any atom is -0.289 e. The number of carbonyl (C=O) groups is 1. The van der Waals surface area contributed by atoms with Gasteiger partial charge in [0.15, 0.2) is 5.78 Å². The van der Waals surface area contributed by atoms with Crippen molar-refractivity contribution in [1.82, 2.24) is 0 Å². The Balaban J connectivity index is 2.24. The van der Waals surface area contributed by atoms with Crippen LogP contribution in [0.25, 0.3) is 0 Å². The van der Waals surface area contributed by atoms with E-state index in [1.54, 1.807) is 11.8 Å². The van der Waals surface area contributed by atoms with E-state index in [-0.39, 0.29) is 11.2 Å². The molecule has 0 amide bonds. The normalized spacial score (nSPS) is 11.4. The molecule has 0 bridgehead atoms. The Kier molecular flexibility index (Phi) is 4.34. The van der Waals surface area contributed by atoms with Gasteiger partial charge in [-0.2, -0.15) is 0 Å². The van der Waals surface area contributed by atoms with Crippen LogP contribution in [0, 0.1) is 0 Å². The summed E-state index contributed by atoms with van der Waals surface area (Å²) < 4.78 is 0. The molecule has 104 valence electrons. The molecule has 20 heavy (non-hydrogen) atoms. The first-order valence-corrected chi connectivity index (χ1v) is 7.93. The quantitative estimate of drug-likeness (QED) is 0.587. The third-order valence-corrected chi connectivity index (χ3v) is 4.11. The smallest absolute Gasteiger partial charge is 0.193 e. The van der Waals surface area contributed by atoms with Gasteiger partial charge in [-0.25, -0.2) is 0 Å². The molecule has 0 radical (unpaired) electrons. The predicted molar refractivity (Wildman–Crippen MR) is 86.8 cm³/mol. The van der Waals surface area contributed by atoms with E-state index in [1.807, 2.05) is 54.8 Å². The van der Waals surface area contributed by atoms with Crippen LogP contribution in [-0.4, -0.2) is 12.0 Å². The Morgan fingerprint density at radius 3 is 1.70 bits per heavy atom. The van der Waals surface area contributed by atoms with E-state index in [0.717, 1.165) is 11.1 Å². The van der Waals surface area contributed by atoms with Gasteiger partial charge in [-0.3, -0.25) is 4.79 Å². The zero-order chi connectivity index (χ0) is 14.8. The fourth-order valence-electron chi connectivity index (χ4n) is 2.03.